The molecule has 0 unspecified atom stereocenters. The number of hydrogen-bond donors (Lipinski definition) is 1. The first-order chi connectivity index (χ1) is 6.79. The molecule has 0 amide bonds. The summed E-state index contributed by atoms with van der Waals surface area (Å²) in [5.74, 6) is -0.771. The fraction of sp³-hybridized carbons (Fsp3) is 0.333. The summed E-state index contributed by atoms with van der Waals surface area (Å²) in [5, 5.41) is -0.141. The maximum absolute atomic E-state index is 12.9. The summed E-state index contributed by atoms with van der Waals surface area (Å²) in [5.41, 5.74) is 5.35. The molecule has 0 bridgehead atoms. The highest BCUT2D eigenvalue weighted by atomic mass is 35.5. The predicted molar refractivity (Wildman–Crippen MR) is 56.3 cm³/mol. The lowest BCUT2D eigenvalue weighted by atomic mass is 10.0. The molecular weight excluding hydrogens is 269 g/mol. The maximum Gasteiger partial charge on any atom is 0.390 e. The standard InChI is InChI=1S/C9H8ClF4N.ClH/c10-6-2-1-5(3-7(6)11)8(15)4-9(12,13)14;/h1-3,8H,4,15H2;1H/t8-;/m0./s1. The van der Waals surface area contributed by atoms with Crippen LogP contribution in [-0.2, 0) is 0 Å². The average molecular weight is 278 g/mol. The highest BCUT2D eigenvalue weighted by Crippen LogP contribution is 2.29. The van der Waals surface area contributed by atoms with E-state index in [1.807, 2.05) is 0 Å². The fourth-order valence-electron chi connectivity index (χ4n) is 1.11. The highest BCUT2D eigenvalue weighted by Gasteiger charge is 2.31. The van der Waals surface area contributed by atoms with Gasteiger partial charge in [-0.2, -0.15) is 13.2 Å². The number of benzene rings is 1. The lowest BCUT2D eigenvalue weighted by Gasteiger charge is -2.14. The molecule has 1 rings (SSSR count). The van der Waals surface area contributed by atoms with Crippen LogP contribution >= 0.6 is 24.0 Å². The number of halogens is 6. The summed E-state index contributed by atoms with van der Waals surface area (Å²) in [7, 11) is 0. The van der Waals surface area contributed by atoms with Crippen molar-refractivity contribution in [2.24, 2.45) is 5.73 Å². The first kappa shape index (κ1) is 15.5. The van der Waals surface area contributed by atoms with Crippen LogP contribution in [-0.4, -0.2) is 6.18 Å². The van der Waals surface area contributed by atoms with E-state index >= 15 is 0 Å². The van der Waals surface area contributed by atoms with Gasteiger partial charge in [0.2, 0.25) is 0 Å². The normalized spacial score (nSPS) is 13.1. The molecule has 2 N–H and O–H groups in total. The summed E-state index contributed by atoms with van der Waals surface area (Å²) in [6, 6.07) is 2.11. The molecule has 0 radical (unpaired) electrons. The maximum atomic E-state index is 12.9. The molecule has 0 spiro atoms. The van der Waals surface area contributed by atoms with Crippen LogP contribution < -0.4 is 5.73 Å². The van der Waals surface area contributed by atoms with Gasteiger partial charge in [0.05, 0.1) is 11.4 Å². The summed E-state index contributed by atoms with van der Waals surface area (Å²) < 4.78 is 48.8. The summed E-state index contributed by atoms with van der Waals surface area (Å²) in [4.78, 5) is 0. The van der Waals surface area contributed by atoms with Gasteiger partial charge in [-0.05, 0) is 17.7 Å². The van der Waals surface area contributed by atoms with Gasteiger partial charge in [0, 0.05) is 6.04 Å². The molecule has 1 atom stereocenters. The van der Waals surface area contributed by atoms with E-state index < -0.39 is 24.5 Å². The second-order valence-corrected chi connectivity index (χ2v) is 3.51. The summed E-state index contributed by atoms with van der Waals surface area (Å²) in [6.07, 6.45) is -5.55. The molecule has 0 aliphatic carbocycles. The van der Waals surface area contributed by atoms with Crippen LogP contribution in [0, 0.1) is 5.82 Å². The van der Waals surface area contributed by atoms with Gasteiger partial charge >= 0.3 is 6.18 Å². The molecule has 0 aromatic heterocycles. The zero-order valence-electron chi connectivity index (χ0n) is 7.89. The molecule has 0 aliphatic heterocycles. The quantitative estimate of drug-likeness (QED) is 0.817. The molecule has 1 aromatic rings. The Kier molecular flexibility index (Phi) is 5.52. The molecule has 7 heteroatoms. The van der Waals surface area contributed by atoms with Crippen LogP contribution in [0.4, 0.5) is 17.6 Å². The number of hydrogen-bond acceptors (Lipinski definition) is 1. The third-order valence-corrected chi connectivity index (χ3v) is 2.13. The number of rotatable bonds is 2. The first-order valence-electron chi connectivity index (χ1n) is 4.07. The van der Waals surface area contributed by atoms with E-state index in [1.165, 1.54) is 12.1 Å². The predicted octanol–water partition coefficient (Wildman–Crippen LogP) is 3.85. The van der Waals surface area contributed by atoms with E-state index in [0.29, 0.717) is 0 Å². The Hall–Kier alpha value is -0.520. The van der Waals surface area contributed by atoms with Crippen molar-refractivity contribution >= 4 is 24.0 Å². The van der Waals surface area contributed by atoms with Crippen molar-refractivity contribution < 1.29 is 17.6 Å². The molecule has 1 aromatic carbocycles. The van der Waals surface area contributed by atoms with Gasteiger partial charge in [0.25, 0.3) is 0 Å². The van der Waals surface area contributed by atoms with Gasteiger partial charge in [-0.3, -0.25) is 0 Å². The van der Waals surface area contributed by atoms with Crippen LogP contribution in [0.5, 0.6) is 0 Å². The van der Waals surface area contributed by atoms with Gasteiger partial charge < -0.3 is 5.73 Å². The number of nitrogens with two attached hydrogens (primary N) is 1. The van der Waals surface area contributed by atoms with Crippen molar-refractivity contribution in [3.63, 3.8) is 0 Å². The van der Waals surface area contributed by atoms with Crippen molar-refractivity contribution in [3.8, 4) is 0 Å². The Balaban J connectivity index is 0.00000225. The minimum absolute atomic E-state index is 0. The van der Waals surface area contributed by atoms with Crippen LogP contribution in [0.1, 0.15) is 18.0 Å². The number of alkyl halides is 3. The Labute approximate surface area is 101 Å². The molecule has 0 fully saturated rings. The van der Waals surface area contributed by atoms with Crippen molar-refractivity contribution in [2.75, 3.05) is 0 Å². The largest absolute Gasteiger partial charge is 0.390 e. The van der Waals surface area contributed by atoms with E-state index in [4.69, 9.17) is 17.3 Å². The SMILES string of the molecule is Cl.N[C@@H](CC(F)(F)F)c1ccc(Cl)c(F)c1. The molecule has 0 aliphatic rings. The van der Waals surface area contributed by atoms with Gasteiger partial charge in [0.1, 0.15) is 5.82 Å². The zero-order chi connectivity index (χ0) is 11.6. The zero-order valence-corrected chi connectivity index (χ0v) is 9.46. The molecule has 0 heterocycles. The van der Waals surface area contributed by atoms with Gasteiger partial charge in [-0.1, -0.05) is 17.7 Å². The topological polar surface area (TPSA) is 26.0 Å². The minimum atomic E-state index is -4.37. The molecule has 0 saturated heterocycles. The van der Waals surface area contributed by atoms with E-state index in [1.54, 1.807) is 0 Å². The third kappa shape index (κ3) is 4.55. The summed E-state index contributed by atoms with van der Waals surface area (Å²) in [6.45, 7) is 0. The third-order valence-electron chi connectivity index (χ3n) is 1.82. The molecule has 92 valence electrons. The Bertz CT molecular complexity index is 354. The molecular formula is C9H9Cl2F4N. The summed E-state index contributed by atoms with van der Waals surface area (Å²) >= 11 is 5.38. The first-order valence-corrected chi connectivity index (χ1v) is 4.44. The van der Waals surface area contributed by atoms with Crippen LogP contribution in [0.3, 0.4) is 0 Å². The molecule has 16 heavy (non-hydrogen) atoms. The second kappa shape index (κ2) is 5.70. The molecule has 1 nitrogen and oxygen atoms in total. The fourth-order valence-corrected chi connectivity index (χ4v) is 1.23. The smallest absolute Gasteiger partial charge is 0.324 e. The van der Waals surface area contributed by atoms with Gasteiger partial charge in [0.15, 0.2) is 0 Å². The van der Waals surface area contributed by atoms with Gasteiger partial charge in [-0.25, -0.2) is 4.39 Å². The van der Waals surface area contributed by atoms with Crippen molar-refractivity contribution in [3.05, 3.63) is 34.6 Å². The lowest BCUT2D eigenvalue weighted by molar-refractivity contribution is -0.138. The van der Waals surface area contributed by atoms with E-state index in [9.17, 15) is 17.6 Å². The van der Waals surface area contributed by atoms with Crippen LogP contribution in [0.2, 0.25) is 5.02 Å². The van der Waals surface area contributed by atoms with E-state index in [-0.39, 0.29) is 23.0 Å². The lowest BCUT2D eigenvalue weighted by Crippen LogP contribution is -2.20. The second-order valence-electron chi connectivity index (χ2n) is 3.10. The van der Waals surface area contributed by atoms with Crippen molar-refractivity contribution in [1.29, 1.82) is 0 Å². The van der Waals surface area contributed by atoms with Crippen LogP contribution in [0.15, 0.2) is 18.2 Å². The Morgan fingerprint density at radius 2 is 1.88 bits per heavy atom. The van der Waals surface area contributed by atoms with Crippen molar-refractivity contribution in [1.82, 2.24) is 0 Å². The Morgan fingerprint density at radius 3 is 2.31 bits per heavy atom. The van der Waals surface area contributed by atoms with Crippen LogP contribution in [0.25, 0.3) is 0 Å². The monoisotopic (exact) mass is 277 g/mol. The Morgan fingerprint density at radius 1 is 1.31 bits per heavy atom. The van der Waals surface area contributed by atoms with Crippen molar-refractivity contribution in [2.45, 2.75) is 18.6 Å². The molecule has 0 saturated carbocycles. The van der Waals surface area contributed by atoms with E-state index in [0.717, 1.165) is 6.07 Å². The van der Waals surface area contributed by atoms with Gasteiger partial charge in [-0.15, -0.1) is 12.4 Å². The average Bonchev–Trinajstić information content (AvgIpc) is 2.06. The van der Waals surface area contributed by atoms with E-state index in [2.05, 4.69) is 0 Å². The minimum Gasteiger partial charge on any atom is -0.324 e. The highest BCUT2D eigenvalue weighted by molar-refractivity contribution is 6.30.